The van der Waals surface area contributed by atoms with Gasteiger partial charge in [-0.1, -0.05) is 11.6 Å². The summed E-state index contributed by atoms with van der Waals surface area (Å²) in [6.07, 6.45) is 0. The van der Waals surface area contributed by atoms with Gasteiger partial charge in [-0.2, -0.15) is 0 Å². The van der Waals surface area contributed by atoms with Crippen molar-refractivity contribution in [3.05, 3.63) is 0 Å². The van der Waals surface area contributed by atoms with Crippen molar-refractivity contribution in [2.75, 3.05) is 6.54 Å². The first-order valence-corrected chi connectivity index (χ1v) is 3.10. The summed E-state index contributed by atoms with van der Waals surface area (Å²) in [6.45, 7) is 0.601. The maximum absolute atomic E-state index is 5.54. The highest BCUT2D eigenvalue weighted by atomic mass is 35.5. The number of halogens is 1. The van der Waals surface area contributed by atoms with Crippen LogP contribution in [-0.2, 0) is 0 Å². The van der Waals surface area contributed by atoms with E-state index in [1.54, 1.807) is 0 Å². The van der Waals surface area contributed by atoms with Crippen LogP contribution in [0.2, 0.25) is 0 Å². The number of amidine groups is 1. The minimum Gasteiger partial charge on any atom is -0.386 e. The molecule has 5 N–H and O–H groups in total. The molecule has 0 radical (unpaired) electrons. The Morgan fingerprint density at radius 1 is 1.78 bits per heavy atom. The first-order valence-electron chi connectivity index (χ1n) is 2.66. The molecule has 1 heterocycles. The van der Waals surface area contributed by atoms with E-state index < -0.39 is 5.62 Å². The Hall–Kier alpha value is -0.320. The second-order valence-electron chi connectivity index (χ2n) is 1.90. The third-order valence-electron chi connectivity index (χ3n) is 1.15. The van der Waals surface area contributed by atoms with E-state index in [0.717, 1.165) is 0 Å². The topological polar surface area (TPSA) is 76.4 Å². The van der Waals surface area contributed by atoms with E-state index in [1.807, 2.05) is 0 Å². The van der Waals surface area contributed by atoms with Gasteiger partial charge in [-0.3, -0.25) is 5.32 Å². The normalized spacial score (nSPS) is 36.0. The first-order chi connectivity index (χ1) is 4.20. The first kappa shape index (κ1) is 6.80. The fourth-order valence-electron chi connectivity index (χ4n) is 0.601. The number of rotatable bonds is 0. The summed E-state index contributed by atoms with van der Waals surface area (Å²) in [5, 5.41) is 2.84. The largest absolute Gasteiger partial charge is 0.386 e. The molecule has 1 aliphatic rings. The molecule has 0 saturated heterocycles. The molecule has 0 aromatic rings. The van der Waals surface area contributed by atoms with E-state index in [-0.39, 0.29) is 6.04 Å². The van der Waals surface area contributed by atoms with Crippen LogP contribution in [0.5, 0.6) is 0 Å². The highest BCUT2D eigenvalue weighted by Gasteiger charge is 2.15. The molecule has 1 rings (SSSR count). The third kappa shape index (κ3) is 1.54. The average molecular weight is 149 g/mol. The number of nitrogens with two attached hydrogens (primary N) is 2. The molecular formula is C4H9ClN4. The lowest BCUT2D eigenvalue weighted by atomic mass is 10.3. The summed E-state index contributed by atoms with van der Waals surface area (Å²) in [5.41, 5.74) is 10.4. The van der Waals surface area contributed by atoms with E-state index >= 15 is 0 Å². The van der Waals surface area contributed by atoms with Crippen LogP contribution in [0.15, 0.2) is 4.99 Å². The predicted molar refractivity (Wildman–Crippen MR) is 37.2 cm³/mol. The van der Waals surface area contributed by atoms with Crippen LogP contribution in [0.4, 0.5) is 0 Å². The van der Waals surface area contributed by atoms with Crippen LogP contribution >= 0.6 is 11.6 Å². The maximum Gasteiger partial charge on any atom is 0.177 e. The van der Waals surface area contributed by atoms with E-state index in [2.05, 4.69) is 10.3 Å². The van der Waals surface area contributed by atoms with Gasteiger partial charge in [0.05, 0.1) is 6.04 Å². The van der Waals surface area contributed by atoms with Gasteiger partial charge in [0, 0.05) is 6.54 Å². The zero-order chi connectivity index (χ0) is 6.85. The van der Waals surface area contributed by atoms with Gasteiger partial charge in [0.1, 0.15) is 5.84 Å². The Morgan fingerprint density at radius 3 is 2.89 bits per heavy atom. The molecule has 0 amide bonds. The van der Waals surface area contributed by atoms with Crippen LogP contribution in [-0.4, -0.2) is 24.0 Å². The number of nitrogens with one attached hydrogen (secondary N) is 1. The Balaban J connectivity index is 2.61. The molecule has 1 aliphatic heterocycles. The quantitative estimate of drug-likeness (QED) is 0.298. The molecule has 4 nitrogen and oxygen atoms in total. The third-order valence-corrected chi connectivity index (χ3v) is 1.40. The highest BCUT2D eigenvalue weighted by Crippen LogP contribution is 1.98. The van der Waals surface area contributed by atoms with Crippen molar-refractivity contribution >= 4 is 17.4 Å². The van der Waals surface area contributed by atoms with Gasteiger partial charge in [-0.25, -0.2) is 4.99 Å². The zero-order valence-corrected chi connectivity index (χ0v) is 5.60. The van der Waals surface area contributed by atoms with E-state index in [4.69, 9.17) is 23.1 Å². The number of hydrogen-bond donors (Lipinski definition) is 3. The number of aliphatic imine (C=N–C) groups is 1. The molecule has 2 atom stereocenters. The molecule has 9 heavy (non-hydrogen) atoms. The second-order valence-corrected chi connectivity index (χ2v) is 2.32. The lowest BCUT2D eigenvalue weighted by Crippen LogP contribution is -2.50. The van der Waals surface area contributed by atoms with Crippen molar-refractivity contribution in [3.63, 3.8) is 0 Å². The summed E-state index contributed by atoms with van der Waals surface area (Å²) in [6, 6.07) is -0.181. The zero-order valence-electron chi connectivity index (χ0n) is 4.84. The molecule has 0 bridgehead atoms. The maximum atomic E-state index is 5.54. The van der Waals surface area contributed by atoms with Crippen molar-refractivity contribution < 1.29 is 0 Å². The van der Waals surface area contributed by atoms with Crippen molar-refractivity contribution in [3.8, 4) is 0 Å². The van der Waals surface area contributed by atoms with Crippen molar-refractivity contribution in [2.45, 2.75) is 11.7 Å². The molecule has 0 spiro atoms. The molecule has 0 fully saturated rings. The van der Waals surface area contributed by atoms with Crippen LogP contribution in [0.1, 0.15) is 0 Å². The van der Waals surface area contributed by atoms with Crippen LogP contribution < -0.4 is 16.8 Å². The van der Waals surface area contributed by atoms with E-state index in [0.29, 0.717) is 12.4 Å². The number of alkyl halides is 1. The molecular weight excluding hydrogens is 140 g/mol. The summed E-state index contributed by atoms with van der Waals surface area (Å²) >= 11 is 5.54. The van der Waals surface area contributed by atoms with Crippen LogP contribution in [0.25, 0.3) is 0 Å². The summed E-state index contributed by atoms with van der Waals surface area (Å²) in [7, 11) is 0. The molecule has 0 saturated carbocycles. The summed E-state index contributed by atoms with van der Waals surface area (Å²) < 4.78 is 0. The summed E-state index contributed by atoms with van der Waals surface area (Å²) in [4.78, 5) is 3.79. The molecule has 5 heteroatoms. The van der Waals surface area contributed by atoms with E-state index in [9.17, 15) is 0 Å². The standard InChI is InChI=1S/C4H9ClN4/c5-4-8-1-2(6)3(7)9-4/h2,4,8H,1,6H2,(H2,7,9). The highest BCUT2D eigenvalue weighted by molar-refractivity contribution is 6.21. The molecule has 52 valence electrons. The molecule has 0 aromatic heterocycles. The Morgan fingerprint density at radius 2 is 2.44 bits per heavy atom. The van der Waals surface area contributed by atoms with Crippen LogP contribution in [0.3, 0.4) is 0 Å². The van der Waals surface area contributed by atoms with Crippen LogP contribution in [0, 0.1) is 0 Å². The Labute approximate surface area is 58.3 Å². The fraction of sp³-hybridized carbons (Fsp3) is 0.750. The van der Waals surface area contributed by atoms with Gasteiger partial charge in [-0.15, -0.1) is 0 Å². The van der Waals surface area contributed by atoms with Gasteiger partial charge in [0.15, 0.2) is 5.62 Å². The lowest BCUT2D eigenvalue weighted by Gasteiger charge is -2.20. The predicted octanol–water partition coefficient (Wildman–Crippen LogP) is -1.20. The average Bonchev–Trinajstić information content (AvgIpc) is 1.80. The Bertz CT molecular complexity index is 135. The van der Waals surface area contributed by atoms with Gasteiger partial charge >= 0.3 is 0 Å². The van der Waals surface area contributed by atoms with E-state index in [1.165, 1.54) is 0 Å². The van der Waals surface area contributed by atoms with Crippen molar-refractivity contribution in [2.24, 2.45) is 16.5 Å². The van der Waals surface area contributed by atoms with Crippen molar-refractivity contribution in [1.29, 1.82) is 0 Å². The smallest absolute Gasteiger partial charge is 0.177 e. The lowest BCUT2D eigenvalue weighted by molar-refractivity contribution is 0.596. The van der Waals surface area contributed by atoms with Gasteiger partial charge in [0.25, 0.3) is 0 Å². The molecule has 2 unspecified atom stereocenters. The number of hydrogen-bond acceptors (Lipinski definition) is 4. The molecule has 0 aliphatic carbocycles. The minimum absolute atomic E-state index is 0.181. The van der Waals surface area contributed by atoms with Crippen molar-refractivity contribution in [1.82, 2.24) is 5.32 Å². The Kier molecular flexibility index (Phi) is 1.90. The second kappa shape index (κ2) is 2.51. The monoisotopic (exact) mass is 148 g/mol. The number of nitrogens with zero attached hydrogens (tertiary/aromatic N) is 1. The molecule has 0 aromatic carbocycles. The van der Waals surface area contributed by atoms with Gasteiger partial charge in [-0.05, 0) is 0 Å². The fourth-order valence-corrected chi connectivity index (χ4v) is 0.803. The SMILES string of the molecule is NC1=NC(Cl)NCC1N. The van der Waals surface area contributed by atoms with Gasteiger partial charge < -0.3 is 11.5 Å². The minimum atomic E-state index is -0.398. The van der Waals surface area contributed by atoms with Gasteiger partial charge in [0.2, 0.25) is 0 Å². The summed E-state index contributed by atoms with van der Waals surface area (Å²) in [5.74, 6) is 0.425.